The van der Waals surface area contributed by atoms with Crippen LogP contribution in [0, 0.1) is 0 Å². The lowest BCUT2D eigenvalue weighted by atomic mass is 9.87. The minimum atomic E-state index is -0.139. The van der Waals surface area contributed by atoms with Crippen molar-refractivity contribution in [1.82, 2.24) is 0 Å². The molecule has 0 aliphatic carbocycles. The molecule has 3 nitrogen and oxygen atoms in total. The Morgan fingerprint density at radius 1 is 1.16 bits per heavy atom. The van der Waals surface area contributed by atoms with Gasteiger partial charge >= 0.3 is 0 Å². The summed E-state index contributed by atoms with van der Waals surface area (Å²) in [4.78, 5) is 15.0. The maximum Gasteiger partial charge on any atom is 0.247 e. The summed E-state index contributed by atoms with van der Waals surface area (Å²) in [6, 6.07) is 15.7. The first-order valence-electron chi connectivity index (χ1n) is 8.78. The molecule has 1 atom stereocenters. The van der Waals surface area contributed by atoms with Crippen LogP contribution in [0.15, 0.2) is 48.5 Å². The molecular weight excluding hydrogens is 332 g/mol. The number of hydrogen-bond acceptors (Lipinski definition) is 2. The Morgan fingerprint density at radius 2 is 1.88 bits per heavy atom. The van der Waals surface area contributed by atoms with Gasteiger partial charge in [0.1, 0.15) is 6.04 Å². The quantitative estimate of drug-likeness (QED) is 0.815. The van der Waals surface area contributed by atoms with Crippen molar-refractivity contribution in [2.45, 2.75) is 45.1 Å². The Balaban J connectivity index is 1.75. The van der Waals surface area contributed by atoms with Crippen molar-refractivity contribution >= 4 is 28.9 Å². The molecule has 1 aliphatic heterocycles. The van der Waals surface area contributed by atoms with Crippen LogP contribution >= 0.6 is 11.6 Å². The third-order valence-corrected chi connectivity index (χ3v) is 4.96. The van der Waals surface area contributed by atoms with Gasteiger partial charge in [0.15, 0.2) is 0 Å². The summed E-state index contributed by atoms with van der Waals surface area (Å²) < 4.78 is 0. The first kappa shape index (κ1) is 17.8. The highest BCUT2D eigenvalue weighted by Crippen LogP contribution is 2.28. The number of carbonyl (C=O) groups excluding carboxylic acids is 1. The van der Waals surface area contributed by atoms with E-state index in [-0.39, 0.29) is 17.4 Å². The second-order valence-electron chi connectivity index (χ2n) is 7.65. The zero-order valence-electron chi connectivity index (χ0n) is 15.1. The van der Waals surface area contributed by atoms with Crippen LogP contribution in [0.3, 0.4) is 0 Å². The first-order valence-corrected chi connectivity index (χ1v) is 9.16. The van der Waals surface area contributed by atoms with E-state index < -0.39 is 0 Å². The average Bonchev–Trinajstić information content (AvgIpc) is 3.05. The van der Waals surface area contributed by atoms with Crippen molar-refractivity contribution in [1.29, 1.82) is 0 Å². The SMILES string of the molecule is CC(C)(C)c1cccc(NC(=O)[C@@H]2CCCN2c2ccc(Cl)cc2)c1. The molecule has 1 heterocycles. The van der Waals surface area contributed by atoms with Gasteiger partial charge < -0.3 is 10.2 Å². The molecule has 25 heavy (non-hydrogen) atoms. The molecule has 0 aromatic heterocycles. The predicted molar refractivity (Wildman–Crippen MR) is 106 cm³/mol. The van der Waals surface area contributed by atoms with Crippen LogP contribution in [0.5, 0.6) is 0 Å². The van der Waals surface area contributed by atoms with E-state index in [1.807, 2.05) is 36.4 Å². The second kappa shape index (κ2) is 7.09. The molecule has 0 bridgehead atoms. The highest BCUT2D eigenvalue weighted by Gasteiger charge is 2.31. The molecule has 0 unspecified atom stereocenters. The minimum absolute atomic E-state index is 0.0542. The van der Waals surface area contributed by atoms with Crippen molar-refractivity contribution in [3.8, 4) is 0 Å². The van der Waals surface area contributed by atoms with Gasteiger partial charge in [-0.25, -0.2) is 0 Å². The number of nitrogens with one attached hydrogen (secondary N) is 1. The lowest BCUT2D eigenvalue weighted by Gasteiger charge is -2.26. The van der Waals surface area contributed by atoms with Crippen LogP contribution in [0.1, 0.15) is 39.2 Å². The lowest BCUT2D eigenvalue weighted by molar-refractivity contribution is -0.117. The van der Waals surface area contributed by atoms with Crippen molar-refractivity contribution < 1.29 is 4.79 Å². The molecular formula is C21H25ClN2O. The number of rotatable bonds is 3. The molecule has 2 aromatic rings. The highest BCUT2D eigenvalue weighted by atomic mass is 35.5. The van der Waals surface area contributed by atoms with Crippen LogP contribution in [0.25, 0.3) is 0 Å². The number of hydrogen-bond donors (Lipinski definition) is 1. The van der Waals surface area contributed by atoms with Crippen LogP contribution in [-0.4, -0.2) is 18.5 Å². The van der Waals surface area contributed by atoms with E-state index in [0.717, 1.165) is 30.8 Å². The van der Waals surface area contributed by atoms with Gasteiger partial charge in [-0.15, -0.1) is 0 Å². The average molecular weight is 357 g/mol. The molecule has 1 fully saturated rings. The third kappa shape index (κ3) is 4.16. The zero-order valence-corrected chi connectivity index (χ0v) is 15.8. The van der Waals surface area contributed by atoms with Gasteiger partial charge in [-0.3, -0.25) is 4.79 Å². The van der Waals surface area contributed by atoms with Crippen molar-refractivity contribution in [3.05, 3.63) is 59.1 Å². The molecule has 0 radical (unpaired) electrons. The fourth-order valence-electron chi connectivity index (χ4n) is 3.27. The number of anilines is 2. The van der Waals surface area contributed by atoms with Crippen molar-refractivity contribution in [2.24, 2.45) is 0 Å². The molecule has 1 amide bonds. The van der Waals surface area contributed by atoms with Crippen LogP contribution < -0.4 is 10.2 Å². The van der Waals surface area contributed by atoms with Gasteiger partial charge in [0.2, 0.25) is 5.91 Å². The molecule has 132 valence electrons. The Morgan fingerprint density at radius 3 is 2.56 bits per heavy atom. The Hall–Kier alpha value is -2.00. The summed E-state index contributed by atoms with van der Waals surface area (Å²) in [5.74, 6) is 0.0542. The predicted octanol–water partition coefficient (Wildman–Crippen LogP) is 5.25. The summed E-state index contributed by atoms with van der Waals surface area (Å²) in [6.45, 7) is 7.41. The minimum Gasteiger partial charge on any atom is -0.360 e. The second-order valence-corrected chi connectivity index (χ2v) is 8.08. The van der Waals surface area contributed by atoms with Gasteiger partial charge in [0.05, 0.1) is 0 Å². The fraction of sp³-hybridized carbons (Fsp3) is 0.381. The Kier molecular flexibility index (Phi) is 5.05. The maximum atomic E-state index is 12.8. The van der Waals surface area contributed by atoms with Gasteiger partial charge in [-0.2, -0.15) is 0 Å². The largest absolute Gasteiger partial charge is 0.360 e. The highest BCUT2D eigenvalue weighted by molar-refractivity contribution is 6.30. The summed E-state index contributed by atoms with van der Waals surface area (Å²) in [5, 5.41) is 3.81. The van der Waals surface area contributed by atoms with E-state index in [1.165, 1.54) is 5.56 Å². The number of nitrogens with zero attached hydrogens (tertiary/aromatic N) is 1. The van der Waals surface area contributed by atoms with E-state index in [2.05, 4.69) is 43.1 Å². The van der Waals surface area contributed by atoms with E-state index in [4.69, 9.17) is 11.6 Å². The summed E-state index contributed by atoms with van der Waals surface area (Å²) in [5.41, 5.74) is 3.18. The summed E-state index contributed by atoms with van der Waals surface area (Å²) in [6.07, 6.45) is 1.89. The molecule has 2 aromatic carbocycles. The van der Waals surface area contributed by atoms with Crippen molar-refractivity contribution in [3.63, 3.8) is 0 Å². The molecule has 1 saturated heterocycles. The topological polar surface area (TPSA) is 32.3 Å². The van der Waals surface area contributed by atoms with Gasteiger partial charge in [0, 0.05) is 22.9 Å². The fourth-order valence-corrected chi connectivity index (χ4v) is 3.40. The molecule has 0 saturated carbocycles. The molecule has 4 heteroatoms. The Bertz CT molecular complexity index is 749. The number of halogens is 1. The van der Waals surface area contributed by atoms with Crippen molar-refractivity contribution in [2.75, 3.05) is 16.8 Å². The van der Waals surface area contributed by atoms with Crippen LogP contribution in [0.2, 0.25) is 5.02 Å². The van der Waals surface area contributed by atoms with E-state index in [0.29, 0.717) is 5.02 Å². The third-order valence-electron chi connectivity index (χ3n) is 4.71. The lowest BCUT2D eigenvalue weighted by Crippen LogP contribution is -2.39. The molecule has 1 N–H and O–H groups in total. The summed E-state index contributed by atoms with van der Waals surface area (Å²) in [7, 11) is 0. The number of benzene rings is 2. The molecule has 0 spiro atoms. The first-order chi connectivity index (χ1) is 11.8. The smallest absolute Gasteiger partial charge is 0.247 e. The van der Waals surface area contributed by atoms with Gasteiger partial charge in [-0.1, -0.05) is 44.5 Å². The zero-order chi connectivity index (χ0) is 18.0. The standard InChI is InChI=1S/C21H25ClN2O/c1-21(2,3)15-6-4-7-17(14-15)23-20(25)19-8-5-13-24(19)18-11-9-16(22)10-12-18/h4,6-7,9-12,14,19H,5,8,13H2,1-3H3,(H,23,25)/t19-/m0/s1. The Labute approximate surface area is 155 Å². The monoisotopic (exact) mass is 356 g/mol. The number of carbonyl (C=O) groups is 1. The van der Waals surface area contributed by atoms with E-state index in [1.54, 1.807) is 0 Å². The number of amides is 1. The van der Waals surface area contributed by atoms with Gasteiger partial charge in [-0.05, 0) is 60.2 Å². The summed E-state index contributed by atoms with van der Waals surface area (Å²) >= 11 is 5.98. The van der Waals surface area contributed by atoms with E-state index in [9.17, 15) is 4.79 Å². The molecule has 3 rings (SSSR count). The maximum absolute atomic E-state index is 12.8. The van der Waals surface area contributed by atoms with E-state index >= 15 is 0 Å². The normalized spacial score (nSPS) is 17.6. The van der Waals surface area contributed by atoms with Crippen LogP contribution in [-0.2, 0) is 10.2 Å². The van der Waals surface area contributed by atoms with Crippen LogP contribution in [0.4, 0.5) is 11.4 Å². The van der Waals surface area contributed by atoms with Gasteiger partial charge in [0.25, 0.3) is 0 Å². The molecule has 1 aliphatic rings.